The molecule has 1 aromatic rings. The maximum atomic E-state index is 11.8. The van der Waals surface area contributed by atoms with Gasteiger partial charge in [-0.15, -0.1) is 0 Å². The van der Waals surface area contributed by atoms with Crippen LogP contribution in [-0.4, -0.2) is 19.3 Å². The summed E-state index contributed by atoms with van der Waals surface area (Å²) in [7, 11) is -3.41. The molecule has 0 aromatic heterocycles. The van der Waals surface area contributed by atoms with Crippen LogP contribution in [0.4, 0.5) is 5.69 Å². The van der Waals surface area contributed by atoms with Crippen LogP contribution in [0.15, 0.2) is 18.2 Å². The summed E-state index contributed by atoms with van der Waals surface area (Å²) in [4.78, 5) is 0. The summed E-state index contributed by atoms with van der Waals surface area (Å²) in [6.45, 7) is 5.53. The molecule has 0 radical (unpaired) electrons. The van der Waals surface area contributed by atoms with Crippen molar-refractivity contribution in [3.8, 4) is 5.75 Å². The topological polar surface area (TPSA) is 66.4 Å². The number of nitrogens with one attached hydrogen (secondary N) is 1. The Bertz CT molecular complexity index is 506. The van der Waals surface area contributed by atoms with Crippen molar-refractivity contribution in [1.29, 1.82) is 0 Å². The van der Waals surface area contributed by atoms with Crippen LogP contribution < -0.4 is 4.72 Å². The van der Waals surface area contributed by atoms with Crippen LogP contribution >= 0.6 is 11.6 Å². The highest BCUT2D eigenvalue weighted by Crippen LogP contribution is 2.27. The van der Waals surface area contributed by atoms with Gasteiger partial charge in [0.05, 0.1) is 16.5 Å². The number of sulfonamides is 1. The number of benzene rings is 1. The molecule has 0 fully saturated rings. The van der Waals surface area contributed by atoms with E-state index in [4.69, 9.17) is 11.6 Å². The molecule has 2 N–H and O–H groups in total. The quantitative estimate of drug-likeness (QED) is 0.835. The highest BCUT2D eigenvalue weighted by molar-refractivity contribution is 7.92. The number of aromatic hydroxyl groups is 1. The lowest BCUT2D eigenvalue weighted by atomic mass is 10.0. The van der Waals surface area contributed by atoms with Crippen molar-refractivity contribution in [2.75, 3.05) is 10.5 Å². The van der Waals surface area contributed by atoms with Crippen LogP contribution in [-0.2, 0) is 10.0 Å². The lowest BCUT2D eigenvalue weighted by Gasteiger charge is -2.18. The van der Waals surface area contributed by atoms with Crippen LogP contribution in [0.1, 0.15) is 20.8 Å². The van der Waals surface area contributed by atoms with Crippen molar-refractivity contribution in [3.63, 3.8) is 0 Å². The highest BCUT2D eigenvalue weighted by atomic mass is 35.5. The molecule has 0 saturated heterocycles. The number of phenols is 1. The number of hydrogen-bond acceptors (Lipinski definition) is 3. The average molecular weight is 278 g/mol. The molecule has 6 heteroatoms. The summed E-state index contributed by atoms with van der Waals surface area (Å²) in [6, 6.07) is 4.18. The van der Waals surface area contributed by atoms with Gasteiger partial charge in [-0.1, -0.05) is 32.4 Å². The van der Waals surface area contributed by atoms with E-state index in [1.54, 1.807) is 0 Å². The second-order valence-corrected chi connectivity index (χ2v) is 7.22. The molecule has 17 heavy (non-hydrogen) atoms. The van der Waals surface area contributed by atoms with E-state index in [9.17, 15) is 13.5 Å². The Morgan fingerprint density at radius 1 is 1.35 bits per heavy atom. The first-order chi connectivity index (χ1) is 7.59. The summed E-state index contributed by atoms with van der Waals surface area (Å²) >= 11 is 5.69. The first-order valence-electron chi connectivity index (χ1n) is 5.08. The highest BCUT2D eigenvalue weighted by Gasteiger charge is 2.21. The molecule has 0 saturated carbocycles. The molecule has 0 spiro atoms. The van der Waals surface area contributed by atoms with Crippen molar-refractivity contribution < 1.29 is 13.5 Å². The van der Waals surface area contributed by atoms with E-state index < -0.39 is 10.0 Å². The fraction of sp³-hybridized carbons (Fsp3) is 0.455. The third kappa shape index (κ3) is 4.83. The van der Waals surface area contributed by atoms with Gasteiger partial charge in [-0.3, -0.25) is 4.72 Å². The van der Waals surface area contributed by atoms with Crippen molar-refractivity contribution in [2.45, 2.75) is 20.8 Å². The minimum absolute atomic E-state index is 0.0124. The molecular formula is C11H16ClNO3S. The van der Waals surface area contributed by atoms with E-state index in [0.29, 0.717) is 5.69 Å². The molecule has 0 heterocycles. The summed E-state index contributed by atoms with van der Waals surface area (Å²) < 4.78 is 26.0. The Balaban J connectivity index is 2.87. The normalized spacial score (nSPS) is 12.5. The maximum absolute atomic E-state index is 11.8. The van der Waals surface area contributed by atoms with Crippen molar-refractivity contribution >= 4 is 27.3 Å². The Labute approximate surface area is 107 Å². The Kier molecular flexibility index (Phi) is 3.94. The van der Waals surface area contributed by atoms with Gasteiger partial charge in [0.25, 0.3) is 0 Å². The van der Waals surface area contributed by atoms with Crippen molar-refractivity contribution in [1.82, 2.24) is 0 Å². The van der Waals surface area contributed by atoms with Crippen molar-refractivity contribution in [2.24, 2.45) is 5.41 Å². The summed E-state index contributed by atoms with van der Waals surface area (Å²) in [5, 5.41) is 9.33. The second-order valence-electron chi connectivity index (χ2n) is 5.09. The molecule has 0 aliphatic rings. The molecule has 0 bridgehead atoms. The Morgan fingerprint density at radius 2 is 1.94 bits per heavy atom. The minimum atomic E-state index is -3.41. The molecule has 96 valence electrons. The zero-order valence-corrected chi connectivity index (χ0v) is 11.6. The van der Waals surface area contributed by atoms with Gasteiger partial charge in [0.2, 0.25) is 10.0 Å². The predicted octanol–water partition coefficient (Wildman–Crippen LogP) is 2.83. The molecule has 1 rings (SSSR count). The minimum Gasteiger partial charge on any atom is -0.506 e. The van der Waals surface area contributed by atoms with Crippen LogP contribution in [0.25, 0.3) is 0 Å². The van der Waals surface area contributed by atoms with E-state index >= 15 is 0 Å². The van der Waals surface area contributed by atoms with Crippen LogP contribution in [0, 0.1) is 5.41 Å². The number of rotatable bonds is 3. The SMILES string of the molecule is CC(C)(C)CS(=O)(=O)Nc1ccc(O)c(Cl)c1. The smallest absolute Gasteiger partial charge is 0.233 e. The molecular weight excluding hydrogens is 262 g/mol. The van der Waals surface area contributed by atoms with Crippen molar-refractivity contribution in [3.05, 3.63) is 23.2 Å². The van der Waals surface area contributed by atoms with Crippen LogP contribution in [0.2, 0.25) is 5.02 Å². The molecule has 4 nitrogen and oxygen atoms in total. The zero-order chi connectivity index (χ0) is 13.3. The van der Waals surface area contributed by atoms with Gasteiger partial charge in [0.1, 0.15) is 5.75 Å². The monoisotopic (exact) mass is 277 g/mol. The van der Waals surface area contributed by atoms with E-state index in [2.05, 4.69) is 4.72 Å². The van der Waals surface area contributed by atoms with E-state index in [-0.39, 0.29) is 21.9 Å². The molecule has 1 aromatic carbocycles. The third-order valence-electron chi connectivity index (χ3n) is 1.84. The van der Waals surface area contributed by atoms with E-state index in [1.807, 2.05) is 20.8 Å². The van der Waals surface area contributed by atoms with Crippen LogP contribution in [0.3, 0.4) is 0 Å². The number of phenolic OH excluding ortho intramolecular Hbond substituents is 1. The van der Waals surface area contributed by atoms with Gasteiger partial charge in [0.15, 0.2) is 0 Å². The lowest BCUT2D eigenvalue weighted by molar-refractivity contribution is 0.463. The third-order valence-corrected chi connectivity index (χ3v) is 3.94. The molecule has 0 atom stereocenters. The second kappa shape index (κ2) is 4.74. The largest absolute Gasteiger partial charge is 0.506 e. The Hall–Kier alpha value is -0.940. The fourth-order valence-electron chi connectivity index (χ4n) is 1.36. The molecule has 0 amide bonds. The zero-order valence-electron chi connectivity index (χ0n) is 9.99. The van der Waals surface area contributed by atoms with E-state index in [0.717, 1.165) is 0 Å². The number of anilines is 1. The lowest BCUT2D eigenvalue weighted by Crippen LogP contribution is -2.26. The fourth-order valence-corrected chi connectivity index (χ4v) is 3.24. The maximum Gasteiger partial charge on any atom is 0.233 e. The van der Waals surface area contributed by atoms with Gasteiger partial charge in [-0.05, 0) is 23.6 Å². The van der Waals surface area contributed by atoms with Gasteiger partial charge >= 0.3 is 0 Å². The van der Waals surface area contributed by atoms with Gasteiger partial charge in [-0.2, -0.15) is 0 Å². The summed E-state index contributed by atoms with van der Waals surface area (Å²) in [5.41, 5.74) is 0.0177. The predicted molar refractivity (Wildman–Crippen MR) is 70.0 cm³/mol. The molecule has 0 aliphatic heterocycles. The summed E-state index contributed by atoms with van der Waals surface area (Å²) in [6.07, 6.45) is 0. The van der Waals surface area contributed by atoms with E-state index in [1.165, 1.54) is 18.2 Å². The number of halogens is 1. The van der Waals surface area contributed by atoms with Gasteiger partial charge in [-0.25, -0.2) is 8.42 Å². The molecule has 0 aliphatic carbocycles. The average Bonchev–Trinajstić information content (AvgIpc) is 2.06. The first-order valence-corrected chi connectivity index (χ1v) is 7.11. The van der Waals surface area contributed by atoms with Crippen LogP contribution in [0.5, 0.6) is 5.75 Å². The van der Waals surface area contributed by atoms with Gasteiger partial charge in [0, 0.05) is 0 Å². The molecule has 0 unspecified atom stereocenters. The summed E-state index contributed by atoms with van der Waals surface area (Å²) in [5.74, 6) is -0.0659. The standard InChI is InChI=1S/C11H16ClNO3S/c1-11(2,3)7-17(15,16)13-8-4-5-10(14)9(12)6-8/h4-6,13-14H,7H2,1-3H3. The Morgan fingerprint density at radius 3 is 2.41 bits per heavy atom. The van der Waals surface area contributed by atoms with Gasteiger partial charge < -0.3 is 5.11 Å². The number of hydrogen-bond donors (Lipinski definition) is 2. The first kappa shape index (κ1) is 14.1.